The first-order valence-electron chi connectivity index (χ1n) is 9.32. The number of nitrogens with zero attached hydrogens (tertiary/aromatic N) is 1. The minimum absolute atomic E-state index is 0.0118. The van der Waals surface area contributed by atoms with Crippen LogP contribution >= 0.6 is 0 Å². The number of benzene rings is 3. The van der Waals surface area contributed by atoms with Gasteiger partial charge in [-0.3, -0.25) is 14.9 Å². The van der Waals surface area contributed by atoms with Crippen LogP contribution in [-0.2, 0) is 0 Å². The van der Waals surface area contributed by atoms with Crippen LogP contribution in [0.15, 0.2) is 72.8 Å². The monoisotopic (exact) mass is 417 g/mol. The molecule has 0 saturated heterocycles. The van der Waals surface area contributed by atoms with Gasteiger partial charge in [-0.25, -0.2) is 4.79 Å². The molecule has 3 aromatic rings. The van der Waals surface area contributed by atoms with Crippen LogP contribution in [0.25, 0.3) is 6.08 Å². The lowest BCUT2D eigenvalue weighted by Gasteiger charge is -2.09. The molecule has 0 amide bonds. The Morgan fingerprint density at radius 1 is 0.968 bits per heavy atom. The summed E-state index contributed by atoms with van der Waals surface area (Å²) in [6, 6.07) is 17.3. The molecule has 0 spiro atoms. The van der Waals surface area contributed by atoms with Gasteiger partial charge in [0.25, 0.3) is 5.69 Å². The lowest BCUT2D eigenvalue weighted by Crippen LogP contribution is -2.11. The van der Waals surface area contributed by atoms with Crippen LogP contribution in [0.3, 0.4) is 0 Å². The van der Waals surface area contributed by atoms with Crippen LogP contribution in [0.1, 0.15) is 31.8 Å². The van der Waals surface area contributed by atoms with E-state index in [0.29, 0.717) is 5.75 Å². The molecule has 0 N–H and O–H groups in total. The lowest BCUT2D eigenvalue weighted by atomic mass is 10.0. The normalized spacial score (nSPS) is 10.6. The van der Waals surface area contributed by atoms with Gasteiger partial charge in [0.1, 0.15) is 11.5 Å². The summed E-state index contributed by atoms with van der Waals surface area (Å²) in [4.78, 5) is 35.7. The van der Waals surface area contributed by atoms with Gasteiger partial charge in [0.15, 0.2) is 5.78 Å². The number of non-ortho nitro benzene ring substituents is 1. The highest BCUT2D eigenvalue weighted by Gasteiger charge is 2.17. The van der Waals surface area contributed by atoms with Gasteiger partial charge in [-0.15, -0.1) is 0 Å². The zero-order chi connectivity index (χ0) is 22.4. The third-order valence-corrected chi connectivity index (χ3v) is 4.45. The van der Waals surface area contributed by atoms with Crippen molar-refractivity contribution in [3.8, 4) is 11.5 Å². The van der Waals surface area contributed by atoms with Gasteiger partial charge >= 0.3 is 5.97 Å². The minimum Gasteiger partial charge on any atom is -0.496 e. The summed E-state index contributed by atoms with van der Waals surface area (Å²) in [7, 11) is 1.54. The number of carbonyl (C=O) groups is 2. The van der Waals surface area contributed by atoms with E-state index in [-0.39, 0.29) is 28.3 Å². The first-order chi connectivity index (χ1) is 14.9. The number of aryl methyl sites for hydroxylation is 1. The second-order valence-corrected chi connectivity index (χ2v) is 6.64. The van der Waals surface area contributed by atoms with Crippen molar-refractivity contribution in [3.63, 3.8) is 0 Å². The Labute approximate surface area is 178 Å². The zero-order valence-electron chi connectivity index (χ0n) is 16.9. The number of para-hydroxylation sites is 1. The van der Waals surface area contributed by atoms with Crippen LogP contribution in [0.4, 0.5) is 5.69 Å². The van der Waals surface area contributed by atoms with E-state index in [2.05, 4.69) is 0 Å². The Hall–Kier alpha value is -4.26. The second kappa shape index (κ2) is 9.49. The molecule has 0 aliphatic rings. The topological polar surface area (TPSA) is 95.7 Å². The molecule has 0 saturated carbocycles. The molecule has 0 unspecified atom stereocenters. The number of methoxy groups -OCH3 is 1. The van der Waals surface area contributed by atoms with Gasteiger partial charge in [0.2, 0.25) is 0 Å². The first kappa shape index (κ1) is 21.4. The number of hydrogen-bond acceptors (Lipinski definition) is 6. The molecule has 0 bridgehead atoms. The van der Waals surface area contributed by atoms with Gasteiger partial charge in [0, 0.05) is 17.7 Å². The molecule has 0 fully saturated rings. The van der Waals surface area contributed by atoms with E-state index in [1.807, 2.05) is 25.1 Å². The predicted octanol–water partition coefficient (Wildman–Crippen LogP) is 5.03. The van der Waals surface area contributed by atoms with Gasteiger partial charge in [0.05, 0.1) is 23.2 Å². The van der Waals surface area contributed by atoms with Crippen LogP contribution < -0.4 is 9.47 Å². The third-order valence-electron chi connectivity index (χ3n) is 4.45. The van der Waals surface area contributed by atoms with Crippen molar-refractivity contribution >= 4 is 23.5 Å². The largest absolute Gasteiger partial charge is 0.496 e. The van der Waals surface area contributed by atoms with Crippen molar-refractivity contribution in [2.75, 3.05) is 7.11 Å². The van der Waals surface area contributed by atoms with E-state index in [9.17, 15) is 19.7 Å². The molecule has 7 nitrogen and oxygen atoms in total. The fourth-order valence-corrected chi connectivity index (χ4v) is 2.89. The highest BCUT2D eigenvalue weighted by Crippen LogP contribution is 2.25. The zero-order valence-corrected chi connectivity index (χ0v) is 16.9. The van der Waals surface area contributed by atoms with Crippen molar-refractivity contribution in [2.24, 2.45) is 0 Å². The summed E-state index contributed by atoms with van der Waals surface area (Å²) >= 11 is 0. The summed E-state index contributed by atoms with van der Waals surface area (Å²) in [6.07, 6.45) is 2.99. The number of ketones is 1. The van der Waals surface area contributed by atoms with E-state index >= 15 is 0 Å². The highest BCUT2D eigenvalue weighted by atomic mass is 16.6. The molecule has 31 heavy (non-hydrogen) atoms. The van der Waals surface area contributed by atoms with Crippen molar-refractivity contribution in [3.05, 3.63) is 105 Å². The molecule has 0 radical (unpaired) electrons. The van der Waals surface area contributed by atoms with Gasteiger partial charge in [-0.1, -0.05) is 35.9 Å². The van der Waals surface area contributed by atoms with E-state index in [0.717, 1.165) is 17.2 Å². The summed E-state index contributed by atoms with van der Waals surface area (Å²) in [5, 5.41) is 10.9. The van der Waals surface area contributed by atoms with Crippen molar-refractivity contribution in [1.82, 2.24) is 0 Å². The first-order valence-corrected chi connectivity index (χ1v) is 9.32. The van der Waals surface area contributed by atoms with E-state index in [1.54, 1.807) is 31.4 Å². The number of ether oxygens (including phenoxy) is 2. The quantitative estimate of drug-likeness (QED) is 0.134. The van der Waals surface area contributed by atoms with Crippen molar-refractivity contribution in [2.45, 2.75) is 6.92 Å². The van der Waals surface area contributed by atoms with Gasteiger partial charge in [-0.05, 0) is 43.3 Å². The Kier molecular flexibility index (Phi) is 6.57. The van der Waals surface area contributed by atoms with Crippen LogP contribution in [0, 0.1) is 17.0 Å². The number of nitro groups is 1. The number of nitro benzene ring substituents is 1. The molecule has 0 atom stereocenters. The molecule has 3 aromatic carbocycles. The Bertz CT molecular complexity index is 1180. The maximum absolute atomic E-state index is 12.8. The second-order valence-electron chi connectivity index (χ2n) is 6.64. The Morgan fingerprint density at radius 3 is 2.48 bits per heavy atom. The fourth-order valence-electron chi connectivity index (χ4n) is 2.89. The maximum Gasteiger partial charge on any atom is 0.343 e. The van der Waals surface area contributed by atoms with Crippen LogP contribution in [-0.4, -0.2) is 23.8 Å². The molecule has 0 aliphatic heterocycles. The maximum atomic E-state index is 12.8. The van der Waals surface area contributed by atoms with E-state index in [1.165, 1.54) is 30.3 Å². The number of rotatable bonds is 7. The summed E-state index contributed by atoms with van der Waals surface area (Å²) in [5.41, 5.74) is 1.52. The smallest absolute Gasteiger partial charge is 0.343 e. The van der Waals surface area contributed by atoms with E-state index < -0.39 is 10.9 Å². The number of carbonyl (C=O) groups excluding carboxylic acids is 2. The molecule has 0 heterocycles. The van der Waals surface area contributed by atoms with Gasteiger partial charge < -0.3 is 9.47 Å². The lowest BCUT2D eigenvalue weighted by molar-refractivity contribution is -0.384. The van der Waals surface area contributed by atoms with Crippen LogP contribution in [0.5, 0.6) is 11.5 Å². The molecule has 0 aromatic heterocycles. The minimum atomic E-state index is -0.796. The van der Waals surface area contributed by atoms with Gasteiger partial charge in [-0.2, -0.15) is 0 Å². The van der Waals surface area contributed by atoms with Crippen LogP contribution in [0.2, 0.25) is 0 Å². The summed E-state index contributed by atoms with van der Waals surface area (Å²) < 4.78 is 10.7. The molecule has 7 heteroatoms. The molecule has 156 valence electrons. The van der Waals surface area contributed by atoms with E-state index in [4.69, 9.17) is 9.47 Å². The number of hydrogen-bond donors (Lipinski definition) is 0. The number of esters is 1. The molecule has 3 rings (SSSR count). The SMILES string of the molecule is COc1ccccc1C=CC(=O)c1cc(C)ccc1OC(=O)c1cccc([N+](=O)[O-])c1. The van der Waals surface area contributed by atoms with Crippen molar-refractivity contribution in [1.29, 1.82) is 0 Å². The highest BCUT2D eigenvalue weighted by molar-refractivity contribution is 6.09. The molecule has 0 aliphatic carbocycles. The summed E-state index contributed by atoms with van der Waals surface area (Å²) in [6.45, 7) is 1.81. The summed E-state index contributed by atoms with van der Waals surface area (Å²) in [5.74, 6) is -0.475. The third kappa shape index (κ3) is 5.22. The fraction of sp³-hybridized carbons (Fsp3) is 0.0833. The average Bonchev–Trinajstić information content (AvgIpc) is 2.78. The van der Waals surface area contributed by atoms with Crippen molar-refractivity contribution < 1.29 is 24.0 Å². The molecular weight excluding hydrogens is 398 g/mol. The Morgan fingerprint density at radius 2 is 1.74 bits per heavy atom. The number of allylic oxidation sites excluding steroid dienone is 1. The standard InChI is InChI=1S/C24H19NO6/c1-16-10-13-23(31-24(27)18-7-5-8-19(15-18)25(28)29)20(14-16)21(26)12-11-17-6-3-4-9-22(17)30-2/h3-15H,1-2H3. The average molecular weight is 417 g/mol. The Balaban J connectivity index is 1.87. The molecular formula is C24H19NO6. The predicted molar refractivity (Wildman–Crippen MR) is 116 cm³/mol.